The average molecular weight is 520 g/mol. The van der Waals surface area contributed by atoms with Crippen LogP contribution in [0.2, 0.25) is 0 Å². The normalized spacial score (nSPS) is 19.2. The third-order valence-corrected chi connectivity index (χ3v) is 7.82. The van der Waals surface area contributed by atoms with Gasteiger partial charge in [-0.2, -0.15) is 9.97 Å². The third kappa shape index (κ3) is 4.21. The summed E-state index contributed by atoms with van der Waals surface area (Å²) in [6.07, 6.45) is 4.05. The van der Waals surface area contributed by atoms with E-state index in [1.54, 1.807) is 13.2 Å². The number of anilines is 2. The second-order valence-corrected chi connectivity index (χ2v) is 10.4. The maximum absolute atomic E-state index is 14.7. The van der Waals surface area contributed by atoms with Gasteiger partial charge in [0.2, 0.25) is 5.91 Å². The van der Waals surface area contributed by atoms with Crippen LogP contribution in [0.1, 0.15) is 29.8 Å². The molecule has 3 aromatic rings. The van der Waals surface area contributed by atoms with Gasteiger partial charge in [-0.3, -0.25) is 9.78 Å². The number of aliphatic hydroxyl groups excluding tert-OH is 1. The molecule has 1 aliphatic heterocycles. The molecule has 2 aliphatic carbocycles. The highest BCUT2D eigenvalue weighted by Gasteiger charge is 2.56. The smallest absolute Gasteiger partial charge is 0.324 e. The molecule has 0 bridgehead atoms. The van der Waals surface area contributed by atoms with Crippen molar-refractivity contribution in [3.8, 4) is 22.9 Å². The zero-order valence-electron chi connectivity index (χ0n) is 21.3. The Balaban J connectivity index is 1.41. The van der Waals surface area contributed by atoms with Crippen LogP contribution in [-0.2, 0) is 11.2 Å². The Hall–Kier alpha value is -3.83. The molecule has 2 fully saturated rings. The van der Waals surface area contributed by atoms with Gasteiger partial charge in [0.15, 0.2) is 0 Å². The number of aromatic nitrogens is 3. The van der Waals surface area contributed by atoms with E-state index in [-0.39, 0.29) is 29.2 Å². The van der Waals surface area contributed by atoms with Crippen LogP contribution in [0.4, 0.5) is 15.9 Å². The number of aryl methyl sites for hydroxylation is 1. The summed E-state index contributed by atoms with van der Waals surface area (Å²) in [6.45, 7) is 2.65. The van der Waals surface area contributed by atoms with Gasteiger partial charge in [-0.1, -0.05) is 0 Å². The number of nitrogens with one attached hydrogen (secondary N) is 2. The SMILES string of the molecule is CNc1cc(F)cc2c1Cc1nc(Oc3ccc(C)nc3)nc(N3C[C@H](NC(=O)[C@@H](N)CO)C4(CC4)C3)c1-2. The molecule has 0 radical (unpaired) electrons. The zero-order chi connectivity index (χ0) is 26.6. The molecule has 0 unspecified atom stereocenters. The van der Waals surface area contributed by atoms with Crippen LogP contribution in [-0.4, -0.2) is 64.8 Å². The molecule has 5 N–H and O–H groups in total. The van der Waals surface area contributed by atoms with Crippen molar-refractivity contribution < 1.29 is 19.0 Å². The number of nitrogens with two attached hydrogens (primary N) is 1. The molecule has 2 atom stereocenters. The molecular formula is C27H30FN7O3. The molecule has 1 amide bonds. The number of fused-ring (bicyclic) bond motifs is 3. The predicted molar refractivity (Wildman–Crippen MR) is 140 cm³/mol. The quantitative estimate of drug-likeness (QED) is 0.289. The van der Waals surface area contributed by atoms with E-state index in [1.807, 2.05) is 19.1 Å². The van der Waals surface area contributed by atoms with Gasteiger partial charge in [0.1, 0.15) is 23.4 Å². The predicted octanol–water partition coefficient (Wildman–Crippen LogP) is 2.13. The number of halogens is 1. The van der Waals surface area contributed by atoms with Gasteiger partial charge in [0.05, 0.1) is 24.5 Å². The van der Waals surface area contributed by atoms with Crippen LogP contribution in [0.25, 0.3) is 11.1 Å². The second kappa shape index (κ2) is 9.17. The second-order valence-electron chi connectivity index (χ2n) is 10.4. The molecule has 2 aromatic heterocycles. The maximum atomic E-state index is 14.7. The first-order valence-corrected chi connectivity index (χ1v) is 12.7. The van der Waals surface area contributed by atoms with E-state index in [9.17, 15) is 14.3 Å². The topological polar surface area (TPSA) is 139 Å². The number of amides is 1. The van der Waals surface area contributed by atoms with E-state index in [4.69, 9.17) is 20.4 Å². The van der Waals surface area contributed by atoms with Crippen LogP contribution in [0.3, 0.4) is 0 Å². The number of rotatable bonds is 7. The van der Waals surface area contributed by atoms with Crippen molar-refractivity contribution in [3.63, 3.8) is 0 Å². The van der Waals surface area contributed by atoms with Crippen LogP contribution in [0, 0.1) is 18.2 Å². The summed E-state index contributed by atoms with van der Waals surface area (Å²) in [5.74, 6) is 0.440. The van der Waals surface area contributed by atoms with Gasteiger partial charge >= 0.3 is 6.01 Å². The fourth-order valence-electron chi connectivity index (χ4n) is 5.57. The van der Waals surface area contributed by atoms with Crippen LogP contribution in [0.5, 0.6) is 11.8 Å². The number of carbonyl (C=O) groups is 1. The first-order valence-electron chi connectivity index (χ1n) is 12.7. The molecule has 10 nitrogen and oxygen atoms in total. The van der Waals surface area contributed by atoms with Gasteiger partial charge in [-0.15, -0.1) is 0 Å². The minimum atomic E-state index is -0.971. The van der Waals surface area contributed by atoms with Gasteiger partial charge in [-0.05, 0) is 55.2 Å². The molecule has 1 spiro atoms. The fraction of sp³-hybridized carbons (Fsp3) is 0.407. The summed E-state index contributed by atoms with van der Waals surface area (Å²) in [5, 5.41) is 15.5. The summed E-state index contributed by atoms with van der Waals surface area (Å²) in [7, 11) is 1.77. The van der Waals surface area contributed by atoms with Crippen molar-refractivity contribution in [3.05, 3.63) is 53.2 Å². The number of ether oxygens (including phenoxy) is 1. The van der Waals surface area contributed by atoms with Gasteiger partial charge < -0.3 is 31.1 Å². The van der Waals surface area contributed by atoms with Crippen molar-refractivity contribution >= 4 is 17.4 Å². The standard InChI is InChI=1S/C27H30FN7O3/c1-14-3-4-16(10-31-14)38-26-32-21-9-17-18(7-15(28)8-20(17)30-2)23(21)24(34-26)35-11-22(27(13-35)5-6-27)33-25(37)19(29)12-36/h3-4,7-8,10,19,22,30,36H,5-6,9,11-13,29H2,1-2H3,(H,33,37)/t19-,22-/m0/s1. The van der Waals surface area contributed by atoms with Crippen molar-refractivity contribution in [2.45, 2.75) is 38.3 Å². The molecule has 198 valence electrons. The number of hydrogen-bond donors (Lipinski definition) is 4. The Kier molecular flexibility index (Phi) is 5.92. The third-order valence-electron chi connectivity index (χ3n) is 7.82. The van der Waals surface area contributed by atoms with E-state index >= 15 is 0 Å². The molecule has 11 heteroatoms. The van der Waals surface area contributed by atoms with E-state index < -0.39 is 12.6 Å². The monoisotopic (exact) mass is 519 g/mol. The Morgan fingerprint density at radius 3 is 2.84 bits per heavy atom. The van der Waals surface area contributed by atoms with Gasteiger partial charge in [-0.25, -0.2) is 4.39 Å². The molecule has 38 heavy (non-hydrogen) atoms. The summed E-state index contributed by atoms with van der Waals surface area (Å²) in [6, 6.07) is 5.74. The molecule has 1 aromatic carbocycles. The van der Waals surface area contributed by atoms with Crippen LogP contribution in [0.15, 0.2) is 30.5 Å². The maximum Gasteiger partial charge on any atom is 0.324 e. The minimum Gasteiger partial charge on any atom is -0.423 e. The molecule has 3 heterocycles. The number of nitrogens with zero attached hydrogens (tertiary/aromatic N) is 4. The van der Waals surface area contributed by atoms with Gasteiger partial charge in [0.25, 0.3) is 0 Å². The highest BCUT2D eigenvalue weighted by molar-refractivity contribution is 5.88. The first-order chi connectivity index (χ1) is 18.3. The Labute approximate surface area is 219 Å². The largest absolute Gasteiger partial charge is 0.423 e. The Bertz CT molecular complexity index is 1410. The van der Waals surface area contributed by atoms with Crippen molar-refractivity contribution in [2.24, 2.45) is 11.1 Å². The lowest BCUT2D eigenvalue weighted by Crippen LogP contribution is -2.50. The van der Waals surface area contributed by atoms with E-state index in [0.29, 0.717) is 36.8 Å². The zero-order valence-corrected chi connectivity index (χ0v) is 21.3. The first kappa shape index (κ1) is 24.5. The Morgan fingerprint density at radius 2 is 2.16 bits per heavy atom. The number of benzene rings is 1. The summed E-state index contributed by atoms with van der Waals surface area (Å²) < 4.78 is 20.7. The summed E-state index contributed by atoms with van der Waals surface area (Å²) in [4.78, 5) is 28.5. The molecular weight excluding hydrogens is 489 g/mol. The average Bonchev–Trinajstić information content (AvgIpc) is 3.47. The van der Waals surface area contributed by atoms with E-state index in [1.165, 1.54) is 12.1 Å². The highest BCUT2D eigenvalue weighted by atomic mass is 19.1. The van der Waals surface area contributed by atoms with E-state index in [0.717, 1.165) is 40.9 Å². The molecule has 3 aliphatic rings. The summed E-state index contributed by atoms with van der Waals surface area (Å²) >= 11 is 0. The number of carbonyl (C=O) groups excluding carboxylic acids is 1. The van der Waals surface area contributed by atoms with Crippen LogP contribution < -0.4 is 26.0 Å². The number of hydrogen-bond acceptors (Lipinski definition) is 9. The van der Waals surface area contributed by atoms with Gasteiger partial charge in [0, 0.05) is 48.9 Å². The van der Waals surface area contributed by atoms with Crippen molar-refractivity contribution in [2.75, 3.05) is 37.0 Å². The number of pyridine rings is 1. The van der Waals surface area contributed by atoms with E-state index in [2.05, 4.69) is 20.5 Å². The van der Waals surface area contributed by atoms with Crippen molar-refractivity contribution in [1.29, 1.82) is 0 Å². The fourth-order valence-corrected chi connectivity index (χ4v) is 5.57. The summed E-state index contributed by atoms with van der Waals surface area (Å²) in [5.41, 5.74) is 10.5. The lowest BCUT2D eigenvalue weighted by molar-refractivity contribution is -0.124. The molecule has 1 saturated heterocycles. The number of aliphatic hydroxyl groups is 1. The Morgan fingerprint density at radius 1 is 1.34 bits per heavy atom. The molecule has 6 rings (SSSR count). The van der Waals surface area contributed by atoms with Crippen molar-refractivity contribution in [1.82, 2.24) is 20.3 Å². The molecule has 1 saturated carbocycles. The lowest BCUT2D eigenvalue weighted by atomic mass is 10.0. The van der Waals surface area contributed by atoms with Crippen LogP contribution >= 0.6 is 0 Å². The highest BCUT2D eigenvalue weighted by Crippen LogP contribution is 2.55. The lowest BCUT2D eigenvalue weighted by Gasteiger charge is -2.22. The minimum absolute atomic E-state index is 0.0932.